The summed E-state index contributed by atoms with van der Waals surface area (Å²) in [4.78, 5) is 18.9. The first-order valence-electron chi connectivity index (χ1n) is 8.62. The molecule has 0 bridgehead atoms. The SMILES string of the molecule is COc1ccc(Nc2ccc(C(=O)N3CCc4ccccc43)nc2)cc1Cl. The van der Waals surface area contributed by atoms with Crippen molar-refractivity contribution in [2.45, 2.75) is 6.42 Å². The fourth-order valence-electron chi connectivity index (χ4n) is 3.19. The third-order valence-electron chi connectivity index (χ3n) is 4.56. The minimum Gasteiger partial charge on any atom is -0.495 e. The molecular weight excluding hydrogens is 362 g/mol. The molecule has 5 nitrogen and oxygen atoms in total. The van der Waals surface area contributed by atoms with Gasteiger partial charge in [-0.05, 0) is 48.4 Å². The van der Waals surface area contributed by atoms with Gasteiger partial charge < -0.3 is 15.0 Å². The molecule has 0 spiro atoms. The summed E-state index contributed by atoms with van der Waals surface area (Å²) in [5.74, 6) is 0.533. The molecule has 0 saturated carbocycles. The van der Waals surface area contributed by atoms with E-state index in [0.29, 0.717) is 23.0 Å². The van der Waals surface area contributed by atoms with Crippen molar-refractivity contribution in [2.24, 2.45) is 0 Å². The number of anilines is 3. The predicted octanol–water partition coefficient (Wildman–Crippen LogP) is 4.69. The van der Waals surface area contributed by atoms with Crippen molar-refractivity contribution in [1.29, 1.82) is 0 Å². The number of hydrogen-bond donors (Lipinski definition) is 1. The smallest absolute Gasteiger partial charge is 0.276 e. The molecule has 27 heavy (non-hydrogen) atoms. The molecule has 1 aliphatic rings. The maximum atomic E-state index is 12.8. The number of fused-ring (bicyclic) bond motifs is 1. The molecule has 0 radical (unpaired) electrons. The van der Waals surface area contributed by atoms with E-state index in [2.05, 4.69) is 16.4 Å². The Morgan fingerprint density at radius 3 is 2.70 bits per heavy atom. The van der Waals surface area contributed by atoms with Crippen molar-refractivity contribution >= 4 is 34.6 Å². The fraction of sp³-hybridized carbons (Fsp3) is 0.143. The van der Waals surface area contributed by atoms with E-state index < -0.39 is 0 Å². The lowest BCUT2D eigenvalue weighted by molar-refractivity contribution is 0.0984. The topological polar surface area (TPSA) is 54.5 Å². The molecule has 0 unspecified atom stereocenters. The van der Waals surface area contributed by atoms with Gasteiger partial charge in [0.2, 0.25) is 0 Å². The van der Waals surface area contributed by atoms with Crippen LogP contribution in [-0.4, -0.2) is 24.5 Å². The number of nitrogens with one attached hydrogen (secondary N) is 1. The van der Waals surface area contributed by atoms with E-state index in [1.165, 1.54) is 5.56 Å². The number of aromatic nitrogens is 1. The van der Waals surface area contributed by atoms with Gasteiger partial charge in [0, 0.05) is 17.9 Å². The lowest BCUT2D eigenvalue weighted by Crippen LogP contribution is -2.29. The van der Waals surface area contributed by atoms with Crippen molar-refractivity contribution in [2.75, 3.05) is 23.9 Å². The molecule has 0 atom stereocenters. The zero-order valence-electron chi connectivity index (χ0n) is 14.8. The van der Waals surface area contributed by atoms with Crippen LogP contribution in [0.2, 0.25) is 5.02 Å². The average molecular weight is 380 g/mol. The molecule has 1 aliphatic heterocycles. The summed E-state index contributed by atoms with van der Waals surface area (Å²) >= 11 is 6.15. The minimum absolute atomic E-state index is 0.0843. The number of hydrogen-bond acceptors (Lipinski definition) is 4. The number of amides is 1. The summed E-state index contributed by atoms with van der Waals surface area (Å²) in [5, 5.41) is 3.74. The van der Waals surface area contributed by atoms with E-state index in [-0.39, 0.29) is 5.91 Å². The van der Waals surface area contributed by atoms with Crippen LogP contribution in [0.3, 0.4) is 0 Å². The van der Waals surface area contributed by atoms with Gasteiger partial charge in [-0.3, -0.25) is 4.79 Å². The van der Waals surface area contributed by atoms with Crippen LogP contribution in [0.4, 0.5) is 17.1 Å². The van der Waals surface area contributed by atoms with Crippen LogP contribution in [-0.2, 0) is 6.42 Å². The largest absolute Gasteiger partial charge is 0.495 e. The molecule has 4 rings (SSSR count). The van der Waals surface area contributed by atoms with Gasteiger partial charge in [0.1, 0.15) is 11.4 Å². The first kappa shape index (κ1) is 17.4. The van der Waals surface area contributed by atoms with Crippen LogP contribution < -0.4 is 15.0 Å². The number of rotatable bonds is 4. The number of benzene rings is 2. The molecular formula is C21H18ClN3O2. The maximum Gasteiger partial charge on any atom is 0.276 e. The summed E-state index contributed by atoms with van der Waals surface area (Å²) in [5.41, 5.74) is 4.18. The van der Waals surface area contributed by atoms with E-state index >= 15 is 0 Å². The zero-order chi connectivity index (χ0) is 18.8. The number of carbonyl (C=O) groups excluding carboxylic acids is 1. The second-order valence-electron chi connectivity index (χ2n) is 6.24. The Morgan fingerprint density at radius 1 is 1.15 bits per heavy atom. The Hall–Kier alpha value is -3.05. The number of halogens is 1. The van der Waals surface area contributed by atoms with Gasteiger partial charge in [0.25, 0.3) is 5.91 Å². The van der Waals surface area contributed by atoms with Gasteiger partial charge in [0.05, 0.1) is 24.0 Å². The van der Waals surface area contributed by atoms with Crippen LogP contribution in [0.1, 0.15) is 16.1 Å². The van der Waals surface area contributed by atoms with Crippen LogP contribution in [0, 0.1) is 0 Å². The molecule has 2 heterocycles. The molecule has 6 heteroatoms. The second kappa shape index (κ2) is 7.29. The number of pyridine rings is 1. The van der Waals surface area contributed by atoms with Gasteiger partial charge in [-0.1, -0.05) is 29.8 Å². The Morgan fingerprint density at radius 2 is 1.96 bits per heavy atom. The number of carbonyl (C=O) groups is 1. The normalized spacial score (nSPS) is 12.6. The summed E-state index contributed by atoms with van der Waals surface area (Å²) in [6.07, 6.45) is 2.52. The summed E-state index contributed by atoms with van der Waals surface area (Å²) in [6.45, 7) is 0.685. The molecule has 0 saturated heterocycles. The first-order chi connectivity index (χ1) is 13.2. The lowest BCUT2D eigenvalue weighted by Gasteiger charge is -2.17. The first-order valence-corrected chi connectivity index (χ1v) is 9.00. The predicted molar refractivity (Wildman–Crippen MR) is 107 cm³/mol. The van der Waals surface area contributed by atoms with Crippen molar-refractivity contribution in [3.63, 3.8) is 0 Å². The number of ether oxygens (including phenoxy) is 1. The number of methoxy groups -OCH3 is 1. The van der Waals surface area contributed by atoms with E-state index in [4.69, 9.17) is 16.3 Å². The van der Waals surface area contributed by atoms with Crippen molar-refractivity contribution in [1.82, 2.24) is 4.98 Å². The van der Waals surface area contributed by atoms with E-state index in [1.54, 1.807) is 36.4 Å². The zero-order valence-corrected chi connectivity index (χ0v) is 15.5. The molecule has 2 aromatic carbocycles. The fourth-order valence-corrected chi connectivity index (χ4v) is 3.45. The summed E-state index contributed by atoms with van der Waals surface area (Å²) in [6, 6.07) is 17.0. The third-order valence-corrected chi connectivity index (χ3v) is 4.85. The third kappa shape index (κ3) is 3.46. The Kier molecular flexibility index (Phi) is 4.69. The van der Waals surface area contributed by atoms with Gasteiger partial charge in [-0.25, -0.2) is 4.98 Å². The van der Waals surface area contributed by atoms with Crippen LogP contribution in [0.25, 0.3) is 0 Å². The quantitative estimate of drug-likeness (QED) is 0.714. The highest BCUT2D eigenvalue weighted by atomic mass is 35.5. The highest BCUT2D eigenvalue weighted by Gasteiger charge is 2.25. The van der Waals surface area contributed by atoms with Crippen molar-refractivity contribution in [3.8, 4) is 5.75 Å². The highest BCUT2D eigenvalue weighted by Crippen LogP contribution is 2.30. The van der Waals surface area contributed by atoms with Crippen molar-refractivity contribution in [3.05, 3.63) is 77.1 Å². The second-order valence-corrected chi connectivity index (χ2v) is 6.65. The maximum absolute atomic E-state index is 12.8. The Bertz CT molecular complexity index is 989. The van der Waals surface area contributed by atoms with E-state index in [1.807, 2.05) is 30.3 Å². The molecule has 0 fully saturated rings. The standard InChI is InChI=1S/C21H18ClN3O2/c1-27-20-9-7-15(12-17(20)22)24-16-6-8-18(23-13-16)21(26)25-11-10-14-4-2-3-5-19(14)25/h2-9,12-13,24H,10-11H2,1H3. The van der Waals surface area contributed by atoms with Crippen LogP contribution >= 0.6 is 11.6 Å². The molecule has 136 valence electrons. The van der Waals surface area contributed by atoms with Gasteiger partial charge >= 0.3 is 0 Å². The molecule has 1 aromatic heterocycles. The molecule has 0 aliphatic carbocycles. The molecule has 1 amide bonds. The van der Waals surface area contributed by atoms with Gasteiger partial charge in [0.15, 0.2) is 0 Å². The highest BCUT2D eigenvalue weighted by molar-refractivity contribution is 6.32. The molecule has 3 aromatic rings. The monoisotopic (exact) mass is 379 g/mol. The van der Waals surface area contributed by atoms with E-state index in [0.717, 1.165) is 23.5 Å². The minimum atomic E-state index is -0.0843. The van der Waals surface area contributed by atoms with Crippen LogP contribution in [0.15, 0.2) is 60.8 Å². The van der Waals surface area contributed by atoms with E-state index in [9.17, 15) is 4.79 Å². The van der Waals surface area contributed by atoms with Crippen LogP contribution in [0.5, 0.6) is 5.75 Å². The number of nitrogens with zero attached hydrogens (tertiary/aromatic N) is 2. The van der Waals surface area contributed by atoms with Gasteiger partial charge in [-0.15, -0.1) is 0 Å². The summed E-state index contributed by atoms with van der Waals surface area (Å²) < 4.78 is 5.15. The Labute approximate surface area is 162 Å². The lowest BCUT2D eigenvalue weighted by atomic mass is 10.2. The molecule has 1 N–H and O–H groups in total. The Balaban J connectivity index is 1.49. The van der Waals surface area contributed by atoms with Crippen molar-refractivity contribution < 1.29 is 9.53 Å². The number of para-hydroxylation sites is 1. The summed E-state index contributed by atoms with van der Waals surface area (Å²) in [7, 11) is 1.58. The van der Waals surface area contributed by atoms with Gasteiger partial charge in [-0.2, -0.15) is 0 Å². The average Bonchev–Trinajstić information content (AvgIpc) is 3.12.